The zero-order valence-corrected chi connectivity index (χ0v) is 13.3. The molecule has 2 aliphatic rings. The van der Waals surface area contributed by atoms with Crippen molar-refractivity contribution in [3.05, 3.63) is 23.9 Å². The van der Waals surface area contributed by atoms with E-state index in [0.29, 0.717) is 13.0 Å². The molecule has 2 saturated heterocycles. The molecule has 1 amide bonds. The van der Waals surface area contributed by atoms with E-state index in [0.717, 1.165) is 44.7 Å². The average Bonchev–Trinajstić information content (AvgIpc) is 2.52. The number of carbonyl (C=O) groups is 1. The maximum atomic E-state index is 12.0. The van der Waals surface area contributed by atoms with E-state index >= 15 is 0 Å². The van der Waals surface area contributed by atoms with Gasteiger partial charge in [-0.2, -0.15) is 0 Å². The van der Waals surface area contributed by atoms with Crippen molar-refractivity contribution in [2.45, 2.75) is 32.6 Å². The minimum Gasteiger partial charge on any atom is -0.395 e. The fraction of sp³-hybridized carbons (Fsp3) is 0.647. The van der Waals surface area contributed by atoms with E-state index in [-0.39, 0.29) is 17.9 Å². The number of aryl methyl sites for hydroxylation is 1. The highest BCUT2D eigenvalue weighted by atomic mass is 16.3. The van der Waals surface area contributed by atoms with Gasteiger partial charge in [-0.3, -0.25) is 4.79 Å². The van der Waals surface area contributed by atoms with Crippen LogP contribution in [0.5, 0.6) is 0 Å². The maximum Gasteiger partial charge on any atom is 0.222 e. The van der Waals surface area contributed by atoms with Gasteiger partial charge >= 0.3 is 0 Å². The second kappa shape index (κ2) is 6.24. The molecule has 2 aliphatic heterocycles. The number of β-amino-alcohol motifs (C(OH)–C–C–N with tert-alkyl or cyclic N) is 1. The fourth-order valence-corrected chi connectivity index (χ4v) is 3.81. The van der Waals surface area contributed by atoms with Crippen LogP contribution in [0.2, 0.25) is 0 Å². The van der Waals surface area contributed by atoms with Gasteiger partial charge in [0.15, 0.2) is 0 Å². The molecule has 1 aromatic heterocycles. The van der Waals surface area contributed by atoms with Crippen LogP contribution in [0, 0.1) is 12.3 Å². The Balaban J connectivity index is 1.74. The molecule has 3 heterocycles. The molecule has 0 aliphatic carbocycles. The Morgan fingerprint density at radius 3 is 2.91 bits per heavy atom. The molecule has 22 heavy (non-hydrogen) atoms. The van der Waals surface area contributed by atoms with E-state index in [4.69, 9.17) is 5.11 Å². The normalized spacial score (nSPS) is 25.8. The molecule has 2 fully saturated rings. The van der Waals surface area contributed by atoms with Crippen LogP contribution >= 0.6 is 0 Å². The quantitative estimate of drug-likeness (QED) is 0.921. The summed E-state index contributed by atoms with van der Waals surface area (Å²) in [4.78, 5) is 20.7. The largest absolute Gasteiger partial charge is 0.395 e. The molecule has 1 unspecified atom stereocenters. The van der Waals surface area contributed by atoms with E-state index in [1.54, 1.807) is 0 Å². The van der Waals surface area contributed by atoms with Crippen LogP contribution in [0.15, 0.2) is 18.3 Å². The summed E-state index contributed by atoms with van der Waals surface area (Å²) < 4.78 is 0. The predicted octanol–water partition coefficient (Wildman–Crippen LogP) is 1.59. The predicted molar refractivity (Wildman–Crippen MR) is 85.8 cm³/mol. The number of likely N-dealkylation sites (tertiary alicyclic amines) is 1. The molecule has 5 heteroatoms. The van der Waals surface area contributed by atoms with Gasteiger partial charge in [0.05, 0.1) is 6.61 Å². The standard InChI is InChI=1S/C17H25N3O2/c1-14-3-4-15(18-11-14)19-8-2-6-17(12-19)7-5-16(22)20(13-17)9-10-21/h3-4,11,21H,2,5-10,12-13H2,1H3. The Kier molecular flexibility index (Phi) is 4.34. The number of aliphatic hydroxyl groups excluding tert-OH is 1. The molecule has 1 aromatic rings. The number of anilines is 1. The Bertz CT molecular complexity index is 531. The van der Waals surface area contributed by atoms with Gasteiger partial charge in [-0.05, 0) is 37.8 Å². The average molecular weight is 303 g/mol. The molecule has 3 rings (SSSR count). The van der Waals surface area contributed by atoms with E-state index in [9.17, 15) is 4.79 Å². The molecular weight excluding hydrogens is 278 g/mol. The lowest BCUT2D eigenvalue weighted by atomic mass is 9.73. The Morgan fingerprint density at radius 2 is 2.18 bits per heavy atom. The number of aromatic nitrogens is 1. The van der Waals surface area contributed by atoms with E-state index in [1.165, 1.54) is 5.56 Å². The summed E-state index contributed by atoms with van der Waals surface area (Å²) in [6.45, 7) is 5.32. The molecule has 1 atom stereocenters. The maximum absolute atomic E-state index is 12.0. The summed E-state index contributed by atoms with van der Waals surface area (Å²) in [6.07, 6.45) is 5.77. The molecule has 1 spiro atoms. The van der Waals surface area contributed by atoms with Gasteiger partial charge in [0.1, 0.15) is 5.82 Å². The summed E-state index contributed by atoms with van der Waals surface area (Å²) in [7, 11) is 0. The van der Waals surface area contributed by atoms with Crippen LogP contribution < -0.4 is 4.90 Å². The van der Waals surface area contributed by atoms with Crippen molar-refractivity contribution in [2.75, 3.05) is 37.7 Å². The number of carbonyl (C=O) groups excluding carboxylic acids is 1. The fourth-order valence-electron chi connectivity index (χ4n) is 3.81. The topological polar surface area (TPSA) is 56.7 Å². The lowest BCUT2D eigenvalue weighted by molar-refractivity contribution is -0.138. The highest BCUT2D eigenvalue weighted by Crippen LogP contribution is 2.39. The third-order valence-corrected chi connectivity index (χ3v) is 5.00. The van der Waals surface area contributed by atoms with Gasteiger partial charge < -0.3 is 14.9 Å². The summed E-state index contributed by atoms with van der Waals surface area (Å²) >= 11 is 0. The second-order valence-corrected chi connectivity index (χ2v) is 6.76. The first-order valence-corrected chi connectivity index (χ1v) is 8.18. The number of amides is 1. The minimum atomic E-state index is 0.0467. The number of piperidine rings is 2. The van der Waals surface area contributed by atoms with Crippen molar-refractivity contribution < 1.29 is 9.90 Å². The Labute approximate surface area is 131 Å². The first-order valence-electron chi connectivity index (χ1n) is 8.18. The van der Waals surface area contributed by atoms with Gasteiger partial charge in [0, 0.05) is 44.2 Å². The first-order chi connectivity index (χ1) is 10.6. The third-order valence-electron chi connectivity index (χ3n) is 5.00. The number of hydrogen-bond acceptors (Lipinski definition) is 4. The molecule has 0 bridgehead atoms. The molecule has 0 aromatic carbocycles. The van der Waals surface area contributed by atoms with Gasteiger partial charge in [-0.1, -0.05) is 6.07 Å². The van der Waals surface area contributed by atoms with Gasteiger partial charge in [0.2, 0.25) is 5.91 Å². The summed E-state index contributed by atoms with van der Waals surface area (Å²) in [5, 5.41) is 9.16. The first kappa shape index (κ1) is 15.3. The zero-order valence-electron chi connectivity index (χ0n) is 13.3. The SMILES string of the molecule is Cc1ccc(N2CCCC3(CCC(=O)N(CCO)C3)C2)nc1. The third kappa shape index (κ3) is 3.09. The molecule has 0 radical (unpaired) electrons. The van der Waals surface area contributed by atoms with Crippen LogP contribution in [0.1, 0.15) is 31.2 Å². The molecule has 1 N–H and O–H groups in total. The lowest BCUT2D eigenvalue weighted by Gasteiger charge is -2.48. The summed E-state index contributed by atoms with van der Waals surface area (Å²) in [6, 6.07) is 4.19. The van der Waals surface area contributed by atoms with Gasteiger partial charge in [0.25, 0.3) is 0 Å². The van der Waals surface area contributed by atoms with Crippen LogP contribution in [-0.2, 0) is 4.79 Å². The van der Waals surface area contributed by atoms with E-state index < -0.39 is 0 Å². The summed E-state index contributed by atoms with van der Waals surface area (Å²) in [5.41, 5.74) is 1.33. The van der Waals surface area contributed by atoms with Crippen molar-refractivity contribution in [3.63, 3.8) is 0 Å². The van der Waals surface area contributed by atoms with Crippen molar-refractivity contribution in [1.29, 1.82) is 0 Å². The minimum absolute atomic E-state index is 0.0467. The summed E-state index contributed by atoms with van der Waals surface area (Å²) in [5.74, 6) is 1.22. The number of rotatable bonds is 3. The Morgan fingerprint density at radius 1 is 1.32 bits per heavy atom. The van der Waals surface area contributed by atoms with E-state index in [1.807, 2.05) is 18.0 Å². The smallest absolute Gasteiger partial charge is 0.222 e. The molecule has 5 nitrogen and oxygen atoms in total. The zero-order chi connectivity index (χ0) is 15.6. The lowest BCUT2D eigenvalue weighted by Crippen LogP contribution is -2.54. The highest BCUT2D eigenvalue weighted by molar-refractivity contribution is 5.77. The number of nitrogens with zero attached hydrogens (tertiary/aromatic N) is 3. The van der Waals surface area contributed by atoms with Crippen molar-refractivity contribution in [2.24, 2.45) is 5.41 Å². The van der Waals surface area contributed by atoms with Crippen LogP contribution in [-0.4, -0.2) is 53.7 Å². The van der Waals surface area contributed by atoms with Gasteiger partial charge in [-0.15, -0.1) is 0 Å². The molecular formula is C17H25N3O2. The number of pyridine rings is 1. The molecule has 120 valence electrons. The Hall–Kier alpha value is -1.62. The van der Waals surface area contributed by atoms with Gasteiger partial charge in [-0.25, -0.2) is 4.98 Å². The number of aliphatic hydroxyl groups is 1. The number of hydrogen-bond donors (Lipinski definition) is 1. The van der Waals surface area contributed by atoms with Crippen molar-refractivity contribution in [3.8, 4) is 0 Å². The van der Waals surface area contributed by atoms with E-state index in [2.05, 4.69) is 22.0 Å². The molecule has 0 saturated carbocycles. The van der Waals surface area contributed by atoms with Crippen molar-refractivity contribution >= 4 is 11.7 Å². The van der Waals surface area contributed by atoms with Crippen LogP contribution in [0.3, 0.4) is 0 Å². The van der Waals surface area contributed by atoms with Crippen LogP contribution in [0.25, 0.3) is 0 Å². The second-order valence-electron chi connectivity index (χ2n) is 6.76. The highest BCUT2D eigenvalue weighted by Gasteiger charge is 2.41. The van der Waals surface area contributed by atoms with Crippen molar-refractivity contribution in [1.82, 2.24) is 9.88 Å². The monoisotopic (exact) mass is 303 g/mol. The van der Waals surface area contributed by atoms with Crippen LogP contribution in [0.4, 0.5) is 5.82 Å².